The van der Waals surface area contributed by atoms with E-state index in [9.17, 15) is 0 Å². The summed E-state index contributed by atoms with van der Waals surface area (Å²) in [6.07, 6.45) is 7.26. The number of aromatic nitrogens is 3. The molecule has 0 unspecified atom stereocenters. The number of para-hydroxylation sites is 1. The summed E-state index contributed by atoms with van der Waals surface area (Å²) in [5.41, 5.74) is 2.07. The highest BCUT2D eigenvalue weighted by molar-refractivity contribution is 5.28. The highest BCUT2D eigenvalue weighted by Gasteiger charge is 2.24. The van der Waals surface area contributed by atoms with Crippen LogP contribution in [0.4, 0.5) is 0 Å². The Labute approximate surface area is 137 Å². The molecule has 2 heterocycles. The molecule has 5 nitrogen and oxygen atoms in total. The van der Waals surface area contributed by atoms with Crippen LogP contribution in [0.3, 0.4) is 0 Å². The van der Waals surface area contributed by atoms with Gasteiger partial charge in [0.2, 0.25) is 0 Å². The molecule has 4 rings (SSSR count). The van der Waals surface area contributed by atoms with E-state index in [4.69, 9.17) is 0 Å². The van der Waals surface area contributed by atoms with Crippen LogP contribution in [0, 0.1) is 5.92 Å². The Morgan fingerprint density at radius 1 is 1.04 bits per heavy atom. The van der Waals surface area contributed by atoms with Crippen LogP contribution in [-0.4, -0.2) is 45.6 Å². The Kier molecular flexibility index (Phi) is 4.39. The van der Waals surface area contributed by atoms with Crippen LogP contribution < -0.4 is 5.32 Å². The van der Waals surface area contributed by atoms with Crippen LogP contribution in [0.25, 0.3) is 5.69 Å². The average Bonchev–Trinajstić information content (AvgIpc) is 3.32. The third-order valence-electron chi connectivity index (χ3n) is 4.89. The van der Waals surface area contributed by atoms with Crippen molar-refractivity contribution in [3.8, 4) is 5.69 Å². The Hall–Kier alpha value is -1.72. The van der Waals surface area contributed by atoms with E-state index in [1.165, 1.54) is 32.2 Å². The van der Waals surface area contributed by atoms with Gasteiger partial charge in [-0.2, -0.15) is 15.0 Å². The third-order valence-corrected chi connectivity index (χ3v) is 4.89. The molecule has 0 bridgehead atoms. The lowest BCUT2D eigenvalue weighted by Crippen LogP contribution is -2.42. The second-order valence-electron chi connectivity index (χ2n) is 6.86. The predicted octanol–water partition coefficient (Wildman–Crippen LogP) is 2.23. The van der Waals surface area contributed by atoms with Crippen molar-refractivity contribution in [1.82, 2.24) is 25.2 Å². The molecule has 122 valence electrons. The van der Waals surface area contributed by atoms with Crippen LogP contribution in [-0.2, 0) is 6.54 Å². The van der Waals surface area contributed by atoms with Gasteiger partial charge in [-0.05, 0) is 50.3 Å². The Balaban J connectivity index is 1.27. The molecule has 0 amide bonds. The number of hydrogen-bond acceptors (Lipinski definition) is 4. The minimum absolute atomic E-state index is 0.715. The SMILES string of the molecule is c1ccc(-n2ncc(CN3CCC(NCC4CC4)CC3)n2)cc1. The molecule has 23 heavy (non-hydrogen) atoms. The lowest BCUT2D eigenvalue weighted by molar-refractivity contribution is 0.188. The molecule has 1 saturated carbocycles. The smallest absolute Gasteiger partial charge is 0.0971 e. The minimum atomic E-state index is 0.715. The number of likely N-dealkylation sites (tertiary alicyclic amines) is 1. The number of nitrogens with zero attached hydrogens (tertiary/aromatic N) is 4. The summed E-state index contributed by atoms with van der Waals surface area (Å²) < 4.78 is 0. The van der Waals surface area contributed by atoms with Crippen molar-refractivity contribution < 1.29 is 0 Å². The fourth-order valence-corrected chi connectivity index (χ4v) is 3.23. The lowest BCUT2D eigenvalue weighted by Gasteiger charge is -2.31. The lowest BCUT2D eigenvalue weighted by atomic mass is 10.0. The van der Waals surface area contributed by atoms with Crippen molar-refractivity contribution in [2.45, 2.75) is 38.3 Å². The van der Waals surface area contributed by atoms with Crippen molar-refractivity contribution in [3.05, 3.63) is 42.2 Å². The molecule has 1 aromatic heterocycles. The van der Waals surface area contributed by atoms with E-state index >= 15 is 0 Å². The first-order valence-corrected chi connectivity index (χ1v) is 8.79. The first-order chi connectivity index (χ1) is 11.4. The molecule has 2 fully saturated rings. The molecule has 1 aromatic carbocycles. The van der Waals surface area contributed by atoms with Crippen LogP contribution in [0.2, 0.25) is 0 Å². The van der Waals surface area contributed by atoms with Crippen LogP contribution in [0.1, 0.15) is 31.4 Å². The van der Waals surface area contributed by atoms with Crippen molar-refractivity contribution in [2.75, 3.05) is 19.6 Å². The molecule has 1 saturated heterocycles. The van der Waals surface area contributed by atoms with Gasteiger partial charge < -0.3 is 5.32 Å². The molecular formula is C18H25N5. The van der Waals surface area contributed by atoms with E-state index in [0.29, 0.717) is 6.04 Å². The van der Waals surface area contributed by atoms with E-state index in [2.05, 4.69) is 20.4 Å². The quantitative estimate of drug-likeness (QED) is 0.889. The van der Waals surface area contributed by atoms with E-state index in [0.717, 1.165) is 36.9 Å². The molecule has 2 aromatic rings. The zero-order valence-electron chi connectivity index (χ0n) is 13.6. The summed E-state index contributed by atoms with van der Waals surface area (Å²) in [5, 5.41) is 12.7. The first-order valence-electron chi connectivity index (χ1n) is 8.79. The molecule has 5 heteroatoms. The van der Waals surface area contributed by atoms with Gasteiger partial charge in [-0.25, -0.2) is 0 Å². The highest BCUT2D eigenvalue weighted by atomic mass is 15.5. The van der Waals surface area contributed by atoms with Crippen molar-refractivity contribution in [2.24, 2.45) is 5.92 Å². The van der Waals surface area contributed by atoms with Gasteiger partial charge in [0.15, 0.2) is 0 Å². The summed E-state index contributed by atoms with van der Waals surface area (Å²) in [4.78, 5) is 4.22. The summed E-state index contributed by atoms with van der Waals surface area (Å²) in [6, 6.07) is 10.8. The Bertz CT molecular complexity index is 611. The molecule has 1 aliphatic heterocycles. The molecule has 1 aliphatic carbocycles. The average molecular weight is 311 g/mol. The maximum atomic E-state index is 4.61. The summed E-state index contributed by atoms with van der Waals surface area (Å²) in [7, 11) is 0. The Morgan fingerprint density at radius 3 is 2.57 bits per heavy atom. The van der Waals surface area contributed by atoms with Gasteiger partial charge in [-0.3, -0.25) is 4.90 Å². The third kappa shape index (κ3) is 3.98. The number of hydrogen-bond donors (Lipinski definition) is 1. The molecule has 1 N–H and O–H groups in total. The molecule has 0 atom stereocenters. The summed E-state index contributed by atoms with van der Waals surface area (Å²) >= 11 is 0. The van der Waals surface area contributed by atoms with Gasteiger partial charge in [0.25, 0.3) is 0 Å². The zero-order chi connectivity index (χ0) is 15.5. The predicted molar refractivity (Wildman–Crippen MR) is 90.4 cm³/mol. The van der Waals surface area contributed by atoms with Crippen LogP contribution in [0.15, 0.2) is 36.5 Å². The highest BCUT2D eigenvalue weighted by Crippen LogP contribution is 2.28. The van der Waals surface area contributed by atoms with E-state index in [-0.39, 0.29) is 0 Å². The van der Waals surface area contributed by atoms with E-state index in [1.807, 2.05) is 36.5 Å². The van der Waals surface area contributed by atoms with Gasteiger partial charge in [0.1, 0.15) is 0 Å². The standard InChI is InChI=1S/C18H25N5/c1-2-4-18(5-3-1)23-20-13-17(21-23)14-22-10-8-16(9-11-22)19-12-15-6-7-15/h1-5,13,15-16,19H,6-12,14H2. The fraction of sp³-hybridized carbons (Fsp3) is 0.556. The molecule has 0 spiro atoms. The molecular weight excluding hydrogens is 286 g/mol. The summed E-state index contributed by atoms with van der Waals surface area (Å²) in [6.45, 7) is 4.44. The topological polar surface area (TPSA) is 46.0 Å². The monoisotopic (exact) mass is 311 g/mol. The van der Waals surface area contributed by atoms with Crippen molar-refractivity contribution >= 4 is 0 Å². The van der Waals surface area contributed by atoms with Gasteiger partial charge >= 0.3 is 0 Å². The fourth-order valence-electron chi connectivity index (χ4n) is 3.23. The van der Waals surface area contributed by atoms with Crippen LogP contribution in [0.5, 0.6) is 0 Å². The molecule has 0 radical (unpaired) electrons. The maximum absolute atomic E-state index is 4.61. The van der Waals surface area contributed by atoms with Crippen molar-refractivity contribution in [3.63, 3.8) is 0 Å². The van der Waals surface area contributed by atoms with E-state index < -0.39 is 0 Å². The van der Waals surface area contributed by atoms with Crippen LogP contribution >= 0.6 is 0 Å². The number of nitrogens with one attached hydrogen (secondary N) is 1. The largest absolute Gasteiger partial charge is 0.314 e. The second-order valence-corrected chi connectivity index (χ2v) is 6.86. The number of rotatable bonds is 6. The van der Waals surface area contributed by atoms with E-state index in [1.54, 1.807) is 4.80 Å². The minimum Gasteiger partial charge on any atom is -0.314 e. The van der Waals surface area contributed by atoms with Gasteiger partial charge in [-0.1, -0.05) is 18.2 Å². The van der Waals surface area contributed by atoms with Gasteiger partial charge in [0, 0.05) is 25.7 Å². The Morgan fingerprint density at radius 2 is 1.83 bits per heavy atom. The normalized spacial score (nSPS) is 20.0. The van der Waals surface area contributed by atoms with Crippen molar-refractivity contribution in [1.29, 1.82) is 0 Å². The molecule has 2 aliphatic rings. The maximum Gasteiger partial charge on any atom is 0.0971 e. The zero-order valence-corrected chi connectivity index (χ0v) is 13.6. The number of benzene rings is 1. The van der Waals surface area contributed by atoms with Gasteiger partial charge in [-0.15, -0.1) is 0 Å². The van der Waals surface area contributed by atoms with Gasteiger partial charge in [0.05, 0.1) is 17.6 Å². The second kappa shape index (κ2) is 6.81. The first kappa shape index (κ1) is 14.8. The summed E-state index contributed by atoms with van der Waals surface area (Å²) in [5.74, 6) is 0.973. The number of piperidine rings is 1.